The van der Waals surface area contributed by atoms with Gasteiger partial charge in [0.1, 0.15) is 0 Å². The second-order valence-electron chi connectivity index (χ2n) is 5.46. The molecule has 1 rings (SSSR count). The Balaban J connectivity index is 2.30. The van der Waals surface area contributed by atoms with Crippen molar-refractivity contribution in [2.75, 3.05) is 38.7 Å². The number of aromatic amines is 1. The zero-order chi connectivity index (χ0) is 20.1. The van der Waals surface area contributed by atoms with Gasteiger partial charge in [0, 0.05) is 61.5 Å². The Kier molecular flexibility index (Phi) is 10.6. The highest BCUT2D eigenvalue weighted by Crippen LogP contribution is 2.19. The SMILES string of the molecule is CN(CCSCc1cn[nH]c1CSCCN(C)C(N)=NC#N)C(N)=NC#N. The molecule has 146 valence electrons. The number of aliphatic imine (C=N–C) groups is 2. The summed E-state index contributed by atoms with van der Waals surface area (Å²) in [5.41, 5.74) is 13.6. The van der Waals surface area contributed by atoms with Crippen molar-refractivity contribution >= 4 is 35.4 Å². The molecule has 5 N–H and O–H groups in total. The van der Waals surface area contributed by atoms with Crippen LogP contribution in [0.1, 0.15) is 11.3 Å². The highest BCUT2D eigenvalue weighted by atomic mass is 32.2. The normalized spacial score (nSPS) is 11.7. The van der Waals surface area contributed by atoms with E-state index in [1.807, 2.05) is 13.2 Å². The topological polar surface area (TPSA) is 160 Å². The molecule has 0 aliphatic heterocycles. The standard InChI is InChI=1S/C15H24N10S2/c1-24(14(18)20-10-16)3-5-26-8-12-7-22-23-13(12)9-27-6-4-25(2)15(19)21-11-17/h7H,3-6,8-9H2,1-2H3,(H2,18,20)(H2,19,21)(H,22,23). The Morgan fingerprint density at radius 2 is 1.59 bits per heavy atom. The zero-order valence-electron chi connectivity index (χ0n) is 15.4. The molecule has 1 heterocycles. The van der Waals surface area contributed by atoms with Crippen molar-refractivity contribution in [2.24, 2.45) is 21.5 Å². The Hall–Kier alpha value is -2.57. The van der Waals surface area contributed by atoms with Gasteiger partial charge in [-0.25, -0.2) is 0 Å². The lowest BCUT2D eigenvalue weighted by Crippen LogP contribution is -2.35. The third kappa shape index (κ3) is 8.57. The van der Waals surface area contributed by atoms with E-state index in [4.69, 9.17) is 22.0 Å². The number of thioether (sulfide) groups is 2. The quantitative estimate of drug-likeness (QED) is 0.214. The van der Waals surface area contributed by atoms with Crippen molar-refractivity contribution in [3.05, 3.63) is 17.5 Å². The molecule has 12 heteroatoms. The Labute approximate surface area is 167 Å². The lowest BCUT2D eigenvalue weighted by atomic mass is 10.3. The van der Waals surface area contributed by atoms with Crippen molar-refractivity contribution in [1.29, 1.82) is 10.5 Å². The first kappa shape index (κ1) is 22.5. The van der Waals surface area contributed by atoms with Crippen LogP contribution in [0.15, 0.2) is 16.2 Å². The molecule has 0 atom stereocenters. The first-order chi connectivity index (χ1) is 13.0. The molecule has 0 amide bonds. The Morgan fingerprint density at radius 1 is 1.07 bits per heavy atom. The Bertz CT molecular complexity index is 656. The number of aromatic nitrogens is 2. The van der Waals surface area contributed by atoms with Gasteiger partial charge in [-0.1, -0.05) is 0 Å². The number of nitrogens with two attached hydrogens (primary N) is 2. The van der Waals surface area contributed by atoms with Crippen LogP contribution in [-0.4, -0.2) is 70.6 Å². The minimum Gasteiger partial charge on any atom is -0.369 e. The summed E-state index contributed by atoms with van der Waals surface area (Å²) in [7, 11) is 3.61. The lowest BCUT2D eigenvalue weighted by molar-refractivity contribution is 0.534. The van der Waals surface area contributed by atoms with E-state index in [-0.39, 0.29) is 11.9 Å². The molecule has 0 fully saturated rings. The molecule has 0 aliphatic carbocycles. The van der Waals surface area contributed by atoms with E-state index in [0.29, 0.717) is 13.1 Å². The first-order valence-electron chi connectivity index (χ1n) is 8.03. The Morgan fingerprint density at radius 3 is 2.11 bits per heavy atom. The lowest BCUT2D eigenvalue weighted by Gasteiger charge is -2.16. The number of nitriles is 2. The van der Waals surface area contributed by atoms with Gasteiger partial charge in [-0.15, -0.1) is 9.98 Å². The number of guanidine groups is 2. The van der Waals surface area contributed by atoms with Crippen LogP contribution >= 0.6 is 23.5 Å². The van der Waals surface area contributed by atoms with Crippen molar-refractivity contribution in [2.45, 2.75) is 11.5 Å². The molecular formula is C15H24N10S2. The van der Waals surface area contributed by atoms with E-state index < -0.39 is 0 Å². The highest BCUT2D eigenvalue weighted by molar-refractivity contribution is 7.98. The van der Waals surface area contributed by atoms with Crippen LogP contribution in [0.4, 0.5) is 0 Å². The number of hydrogen-bond acceptors (Lipinski definition) is 7. The van der Waals surface area contributed by atoms with Crippen LogP contribution in [0.5, 0.6) is 0 Å². The summed E-state index contributed by atoms with van der Waals surface area (Å²) in [6.45, 7) is 1.42. The summed E-state index contributed by atoms with van der Waals surface area (Å²) in [4.78, 5) is 10.5. The molecule has 0 saturated carbocycles. The third-order valence-electron chi connectivity index (χ3n) is 3.56. The average molecular weight is 409 g/mol. The summed E-state index contributed by atoms with van der Waals surface area (Å²) in [5.74, 6) is 3.83. The molecule has 0 radical (unpaired) electrons. The van der Waals surface area contributed by atoms with E-state index in [1.165, 1.54) is 5.56 Å². The third-order valence-corrected chi connectivity index (χ3v) is 5.52. The predicted molar refractivity (Wildman–Crippen MR) is 111 cm³/mol. The van der Waals surface area contributed by atoms with Crippen LogP contribution in [0.3, 0.4) is 0 Å². The van der Waals surface area contributed by atoms with Crippen LogP contribution in [-0.2, 0) is 11.5 Å². The van der Waals surface area contributed by atoms with Gasteiger partial charge in [-0.05, 0) is 0 Å². The highest BCUT2D eigenvalue weighted by Gasteiger charge is 2.08. The van der Waals surface area contributed by atoms with E-state index >= 15 is 0 Å². The van der Waals surface area contributed by atoms with Gasteiger partial charge in [-0.3, -0.25) is 5.10 Å². The largest absolute Gasteiger partial charge is 0.369 e. The molecule has 0 aliphatic rings. The number of nitrogens with zero attached hydrogens (tertiary/aromatic N) is 7. The molecule has 27 heavy (non-hydrogen) atoms. The summed E-state index contributed by atoms with van der Waals surface area (Å²) >= 11 is 3.52. The van der Waals surface area contributed by atoms with Gasteiger partial charge in [0.15, 0.2) is 0 Å². The van der Waals surface area contributed by atoms with Crippen LogP contribution in [0.25, 0.3) is 0 Å². The average Bonchev–Trinajstić information content (AvgIpc) is 3.09. The van der Waals surface area contributed by atoms with Crippen LogP contribution in [0.2, 0.25) is 0 Å². The monoisotopic (exact) mass is 408 g/mol. The minimum absolute atomic E-state index is 0.224. The van der Waals surface area contributed by atoms with Crippen molar-refractivity contribution < 1.29 is 0 Å². The molecule has 0 spiro atoms. The molecule has 1 aromatic rings. The van der Waals surface area contributed by atoms with E-state index in [0.717, 1.165) is 28.7 Å². The maximum Gasteiger partial charge on any atom is 0.209 e. The maximum absolute atomic E-state index is 8.49. The number of rotatable bonds is 10. The van der Waals surface area contributed by atoms with Gasteiger partial charge in [-0.2, -0.15) is 39.1 Å². The molecule has 0 saturated heterocycles. The summed E-state index contributed by atoms with van der Waals surface area (Å²) in [6.07, 6.45) is 5.21. The molecule has 10 nitrogen and oxygen atoms in total. The summed E-state index contributed by atoms with van der Waals surface area (Å²) in [6, 6.07) is 0. The number of hydrogen-bond donors (Lipinski definition) is 3. The molecule has 0 bridgehead atoms. The van der Waals surface area contributed by atoms with Crippen molar-refractivity contribution in [1.82, 2.24) is 20.0 Å². The predicted octanol–water partition coefficient (Wildman–Crippen LogP) is 0.331. The fourth-order valence-corrected chi connectivity index (χ4v) is 3.87. The molecule has 1 aromatic heterocycles. The summed E-state index contributed by atoms with van der Waals surface area (Å²) < 4.78 is 0. The van der Waals surface area contributed by atoms with Gasteiger partial charge in [0.25, 0.3) is 0 Å². The maximum atomic E-state index is 8.49. The molecule has 0 aromatic carbocycles. The molecule has 0 unspecified atom stereocenters. The van der Waals surface area contributed by atoms with Gasteiger partial charge >= 0.3 is 0 Å². The van der Waals surface area contributed by atoms with Gasteiger partial charge in [0.2, 0.25) is 24.3 Å². The van der Waals surface area contributed by atoms with Crippen molar-refractivity contribution in [3.63, 3.8) is 0 Å². The smallest absolute Gasteiger partial charge is 0.209 e. The fraction of sp³-hybridized carbons (Fsp3) is 0.533. The van der Waals surface area contributed by atoms with Crippen LogP contribution < -0.4 is 11.5 Å². The van der Waals surface area contributed by atoms with E-state index in [2.05, 4.69) is 20.2 Å². The van der Waals surface area contributed by atoms with Gasteiger partial charge in [0.05, 0.1) is 6.20 Å². The zero-order valence-corrected chi connectivity index (χ0v) is 17.1. The number of nitrogens with one attached hydrogen (secondary N) is 1. The molecular weight excluding hydrogens is 384 g/mol. The fourth-order valence-electron chi connectivity index (χ4n) is 1.85. The second kappa shape index (κ2) is 12.7. The van der Waals surface area contributed by atoms with Crippen LogP contribution in [0, 0.1) is 22.9 Å². The van der Waals surface area contributed by atoms with E-state index in [1.54, 1.807) is 52.8 Å². The first-order valence-corrected chi connectivity index (χ1v) is 10.3. The minimum atomic E-state index is 0.224. The second-order valence-corrected chi connectivity index (χ2v) is 7.67. The van der Waals surface area contributed by atoms with Gasteiger partial charge < -0.3 is 21.3 Å². The van der Waals surface area contributed by atoms with Crippen molar-refractivity contribution in [3.8, 4) is 12.4 Å². The number of H-pyrrole nitrogens is 1. The van der Waals surface area contributed by atoms with E-state index in [9.17, 15) is 0 Å². The summed E-state index contributed by atoms with van der Waals surface area (Å²) in [5, 5.41) is 24.2.